The van der Waals surface area contributed by atoms with Gasteiger partial charge in [0.2, 0.25) is 0 Å². The highest BCUT2D eigenvalue weighted by Crippen LogP contribution is 2.26. The van der Waals surface area contributed by atoms with Gasteiger partial charge in [0.05, 0.1) is 32.7 Å². The molecule has 0 saturated heterocycles. The Morgan fingerprint density at radius 1 is 0.688 bits per heavy atom. The molecule has 8 heteroatoms. The van der Waals surface area contributed by atoms with Crippen LogP contribution in [-0.4, -0.2) is 33.1 Å². The van der Waals surface area contributed by atoms with E-state index in [0.717, 1.165) is 5.56 Å². The average molecular weight is 436 g/mol. The first-order valence-corrected chi connectivity index (χ1v) is 9.73. The predicted octanol–water partition coefficient (Wildman–Crippen LogP) is 4.29. The van der Waals surface area contributed by atoms with E-state index in [2.05, 4.69) is 15.5 Å². The summed E-state index contributed by atoms with van der Waals surface area (Å²) in [7, 11) is 4.53. The quantitative estimate of drug-likeness (QED) is 0.384. The van der Waals surface area contributed by atoms with Crippen molar-refractivity contribution < 1.29 is 28.8 Å². The van der Waals surface area contributed by atoms with Gasteiger partial charge in [0, 0.05) is 11.1 Å². The molecule has 2 N–H and O–H groups in total. The second-order valence-corrected chi connectivity index (χ2v) is 6.67. The molecule has 32 heavy (non-hydrogen) atoms. The standard InChI is InChI=1S/C24H24N2O6/c1-29-19-9-5-17(6-10-19)23(27)25-21-13-4-16(15-32-31-3)14-22(21)26-24(28)18-7-11-20(30-2)12-8-18/h4-14H,15H2,1-3H3,(H,25,27)(H,26,28). The van der Waals surface area contributed by atoms with Gasteiger partial charge in [-0.25, -0.2) is 9.78 Å². The van der Waals surface area contributed by atoms with Crippen LogP contribution >= 0.6 is 0 Å². The molecule has 2 amide bonds. The first kappa shape index (κ1) is 22.8. The highest BCUT2D eigenvalue weighted by molar-refractivity contribution is 6.10. The highest BCUT2D eigenvalue weighted by Gasteiger charge is 2.14. The van der Waals surface area contributed by atoms with Crippen LogP contribution in [0, 0.1) is 0 Å². The summed E-state index contributed by atoms with van der Waals surface area (Å²) in [5.41, 5.74) is 2.50. The van der Waals surface area contributed by atoms with E-state index < -0.39 is 0 Å². The maximum atomic E-state index is 12.8. The lowest BCUT2D eigenvalue weighted by Crippen LogP contribution is -2.17. The predicted molar refractivity (Wildman–Crippen MR) is 120 cm³/mol. The van der Waals surface area contributed by atoms with Crippen molar-refractivity contribution in [1.29, 1.82) is 0 Å². The zero-order valence-corrected chi connectivity index (χ0v) is 18.0. The molecule has 8 nitrogen and oxygen atoms in total. The number of hydrogen-bond acceptors (Lipinski definition) is 6. The van der Waals surface area contributed by atoms with Crippen LogP contribution in [0.1, 0.15) is 26.3 Å². The van der Waals surface area contributed by atoms with Gasteiger partial charge in [0.1, 0.15) is 18.1 Å². The number of nitrogens with one attached hydrogen (secondary N) is 2. The Morgan fingerprint density at radius 3 is 1.66 bits per heavy atom. The van der Waals surface area contributed by atoms with Gasteiger partial charge in [-0.1, -0.05) is 6.07 Å². The molecule has 0 aliphatic heterocycles. The van der Waals surface area contributed by atoms with Crippen molar-refractivity contribution >= 4 is 23.2 Å². The molecule has 0 unspecified atom stereocenters. The summed E-state index contributed by atoms with van der Waals surface area (Å²) in [5, 5.41) is 5.68. The van der Waals surface area contributed by atoms with Crippen LogP contribution in [0.25, 0.3) is 0 Å². The van der Waals surface area contributed by atoms with E-state index in [4.69, 9.17) is 14.4 Å². The molecular weight excluding hydrogens is 412 g/mol. The monoisotopic (exact) mass is 436 g/mol. The zero-order valence-electron chi connectivity index (χ0n) is 18.0. The largest absolute Gasteiger partial charge is 0.497 e. The van der Waals surface area contributed by atoms with Crippen molar-refractivity contribution in [2.45, 2.75) is 6.61 Å². The van der Waals surface area contributed by atoms with E-state index >= 15 is 0 Å². The van der Waals surface area contributed by atoms with Crippen LogP contribution in [-0.2, 0) is 16.4 Å². The summed E-state index contributed by atoms with van der Waals surface area (Å²) in [4.78, 5) is 35.1. The van der Waals surface area contributed by atoms with Crippen molar-refractivity contribution in [2.75, 3.05) is 32.0 Å². The number of carbonyl (C=O) groups excluding carboxylic acids is 2. The van der Waals surface area contributed by atoms with E-state index in [1.165, 1.54) is 7.11 Å². The van der Waals surface area contributed by atoms with Crippen molar-refractivity contribution in [3.63, 3.8) is 0 Å². The summed E-state index contributed by atoms with van der Waals surface area (Å²) < 4.78 is 10.2. The van der Waals surface area contributed by atoms with Crippen LogP contribution in [0.15, 0.2) is 66.7 Å². The van der Waals surface area contributed by atoms with E-state index in [1.807, 2.05) is 0 Å². The minimum absolute atomic E-state index is 0.175. The number of rotatable bonds is 9. The van der Waals surface area contributed by atoms with Gasteiger partial charge in [-0.05, 0) is 66.2 Å². The van der Waals surface area contributed by atoms with Gasteiger partial charge in [0.25, 0.3) is 11.8 Å². The summed E-state index contributed by atoms with van der Waals surface area (Å²) in [6.45, 7) is 0.175. The third-order valence-electron chi connectivity index (χ3n) is 4.63. The first-order valence-electron chi connectivity index (χ1n) is 9.73. The minimum Gasteiger partial charge on any atom is -0.497 e. The third kappa shape index (κ3) is 5.84. The molecule has 0 atom stereocenters. The Hall–Kier alpha value is -3.88. The Bertz CT molecular complexity index is 1060. The second kappa shape index (κ2) is 10.9. The van der Waals surface area contributed by atoms with Gasteiger partial charge in [0.15, 0.2) is 0 Å². The Balaban J connectivity index is 1.83. The molecule has 0 spiro atoms. The molecule has 0 fully saturated rings. The van der Waals surface area contributed by atoms with Crippen LogP contribution in [0.5, 0.6) is 11.5 Å². The average Bonchev–Trinajstić information content (AvgIpc) is 2.84. The number of benzene rings is 3. The molecule has 3 aromatic carbocycles. The number of amides is 2. The van der Waals surface area contributed by atoms with Gasteiger partial charge < -0.3 is 20.1 Å². The smallest absolute Gasteiger partial charge is 0.255 e. The Kier molecular flexibility index (Phi) is 7.80. The van der Waals surface area contributed by atoms with Gasteiger partial charge in [-0.3, -0.25) is 9.59 Å². The van der Waals surface area contributed by atoms with Crippen molar-refractivity contribution in [3.05, 3.63) is 83.4 Å². The van der Waals surface area contributed by atoms with Crippen molar-refractivity contribution in [2.24, 2.45) is 0 Å². The molecule has 3 rings (SSSR count). The lowest BCUT2D eigenvalue weighted by Gasteiger charge is -2.14. The molecule has 166 valence electrons. The van der Waals surface area contributed by atoms with Crippen LogP contribution in [0.3, 0.4) is 0 Å². The molecule has 0 bridgehead atoms. The first-order chi connectivity index (χ1) is 15.5. The van der Waals surface area contributed by atoms with Crippen molar-refractivity contribution in [3.8, 4) is 11.5 Å². The van der Waals surface area contributed by atoms with Gasteiger partial charge in [-0.15, -0.1) is 0 Å². The third-order valence-corrected chi connectivity index (χ3v) is 4.63. The van der Waals surface area contributed by atoms with Crippen LogP contribution < -0.4 is 20.1 Å². The minimum atomic E-state index is -0.336. The fourth-order valence-corrected chi connectivity index (χ4v) is 2.89. The number of hydrogen-bond donors (Lipinski definition) is 2. The van der Waals surface area contributed by atoms with Gasteiger partial charge in [-0.2, -0.15) is 0 Å². The van der Waals surface area contributed by atoms with Crippen molar-refractivity contribution in [1.82, 2.24) is 0 Å². The maximum absolute atomic E-state index is 12.8. The highest BCUT2D eigenvalue weighted by atomic mass is 17.2. The maximum Gasteiger partial charge on any atom is 0.255 e. The number of anilines is 2. The summed E-state index contributed by atoms with van der Waals surface area (Å²) >= 11 is 0. The molecule has 3 aromatic rings. The summed E-state index contributed by atoms with van der Waals surface area (Å²) in [6.07, 6.45) is 0. The molecule has 0 aliphatic carbocycles. The Morgan fingerprint density at radius 2 is 1.19 bits per heavy atom. The topological polar surface area (TPSA) is 95.1 Å². The SMILES string of the molecule is COOCc1ccc(NC(=O)c2ccc(OC)cc2)c(NC(=O)c2ccc(OC)cc2)c1. The fraction of sp³-hybridized carbons (Fsp3) is 0.167. The normalized spacial score (nSPS) is 10.3. The summed E-state index contributed by atoms with van der Waals surface area (Å²) in [6, 6.07) is 18.6. The van der Waals surface area contributed by atoms with E-state index in [0.29, 0.717) is 34.0 Å². The summed E-state index contributed by atoms with van der Waals surface area (Å²) in [5.74, 6) is 0.634. The molecule has 0 saturated carbocycles. The zero-order chi connectivity index (χ0) is 22.9. The van der Waals surface area contributed by atoms with E-state index in [1.54, 1.807) is 80.9 Å². The molecule has 0 aromatic heterocycles. The number of methoxy groups -OCH3 is 2. The molecular formula is C24H24N2O6. The lowest BCUT2D eigenvalue weighted by molar-refractivity contribution is -0.282. The Labute approximate surface area is 186 Å². The lowest BCUT2D eigenvalue weighted by atomic mass is 10.1. The number of carbonyl (C=O) groups is 2. The molecule has 0 heterocycles. The van der Waals surface area contributed by atoms with E-state index in [-0.39, 0.29) is 18.4 Å². The fourth-order valence-electron chi connectivity index (χ4n) is 2.89. The second-order valence-electron chi connectivity index (χ2n) is 6.67. The van der Waals surface area contributed by atoms with E-state index in [9.17, 15) is 9.59 Å². The van der Waals surface area contributed by atoms with Crippen LogP contribution in [0.4, 0.5) is 11.4 Å². The molecule has 0 aliphatic rings. The van der Waals surface area contributed by atoms with Crippen LogP contribution in [0.2, 0.25) is 0 Å². The molecule has 0 radical (unpaired) electrons. The van der Waals surface area contributed by atoms with Gasteiger partial charge >= 0.3 is 0 Å². The number of ether oxygens (including phenoxy) is 2.